The molecule has 41 heteroatoms. The predicted molar refractivity (Wildman–Crippen MR) is 515 cm³/mol. The fourth-order valence-electron chi connectivity index (χ4n) is 20.6. The summed E-state index contributed by atoms with van der Waals surface area (Å²) in [6, 6.07) is 13.4. The van der Waals surface area contributed by atoms with E-state index in [0.29, 0.717) is 127 Å². The van der Waals surface area contributed by atoms with Gasteiger partial charge in [0.2, 0.25) is 59.1 Å². The van der Waals surface area contributed by atoms with Crippen molar-refractivity contribution in [2.45, 2.75) is 310 Å². The number of rotatable bonds is 50. The van der Waals surface area contributed by atoms with E-state index in [9.17, 15) is 90.5 Å². The summed E-state index contributed by atoms with van der Waals surface area (Å²) in [7, 11) is 3.68. The van der Waals surface area contributed by atoms with Crippen LogP contribution in [0.5, 0.6) is 0 Å². The van der Waals surface area contributed by atoms with E-state index in [0.717, 1.165) is 73.4 Å². The molecule has 9 atom stereocenters. The number of amides is 12. The number of nitrogens with one attached hydrogen (secondary N) is 10. The first-order valence-electron chi connectivity index (χ1n) is 50.4. The Morgan fingerprint density at radius 1 is 0.563 bits per heavy atom. The predicted octanol–water partition coefficient (Wildman–Crippen LogP) is 7.92. The SMILES string of the molecule is CC(C)N(C)[C@@H]1CC[C@H](N2CC[C@H](Nc3ncnc4ccc(C(F)(F)F)cc34)C2=O)[C@H](NC(=O)C2CCC(NC(=O)CCCOC3CCC(OCCNC(=O)CN(CC(=O)NCCOC4CCC(OCCCC(=O)NC5CCC(C(=O)N[C@@H](Cc6ccc7ccccc7c6)C(=O)NCCCC[C@H](NC(=O)N[C@@H](CCC(=O)O)C(=O)O)C(=O)O)CC5)CC4)C(=O)[C@H]4CC(=O)N(C)[C@@H]4c4cccnc4)CC3)CC2)C1. The average Bonchev–Trinajstić information content (AvgIpc) is 1.70. The van der Waals surface area contributed by atoms with Crippen LogP contribution in [0.25, 0.3) is 21.7 Å². The summed E-state index contributed by atoms with van der Waals surface area (Å²) in [6.07, 6.45) is 13.5. The molecule has 4 heterocycles. The van der Waals surface area contributed by atoms with Gasteiger partial charge >= 0.3 is 30.1 Å². The highest BCUT2D eigenvalue weighted by molar-refractivity contribution is 5.96. The fourth-order valence-corrected chi connectivity index (χ4v) is 20.6. The van der Waals surface area contributed by atoms with Gasteiger partial charge in [0.1, 0.15) is 49.4 Å². The summed E-state index contributed by atoms with van der Waals surface area (Å²) in [5, 5.41) is 58.9. The first-order valence-corrected chi connectivity index (χ1v) is 50.4. The highest BCUT2D eigenvalue weighted by atomic mass is 19.4. The summed E-state index contributed by atoms with van der Waals surface area (Å²) in [4.78, 5) is 204. The number of fused-ring (bicyclic) bond motifs is 2. The molecule has 5 aliphatic carbocycles. The van der Waals surface area contributed by atoms with Gasteiger partial charge in [-0.1, -0.05) is 48.5 Å². The molecule has 13 N–H and O–H groups in total. The number of nitrogens with zero attached hydrogens (tertiary/aromatic N) is 7. The summed E-state index contributed by atoms with van der Waals surface area (Å²) in [5.41, 5.74) is 0.909. The van der Waals surface area contributed by atoms with Gasteiger partial charge in [0.15, 0.2) is 0 Å². The zero-order valence-electron chi connectivity index (χ0n) is 81.5. The second kappa shape index (κ2) is 53.5. The molecule has 2 saturated heterocycles. The molecule has 0 bridgehead atoms. The topological polar surface area (TPSA) is 509 Å². The number of aromatic nitrogens is 3. The molecular weight excluding hydrogens is 1840 g/mol. The number of carboxylic acids is 3. The van der Waals surface area contributed by atoms with Crippen LogP contribution >= 0.6 is 0 Å². The van der Waals surface area contributed by atoms with Crippen molar-refractivity contribution < 1.29 is 115 Å². The van der Waals surface area contributed by atoms with Gasteiger partial charge in [-0.3, -0.25) is 57.7 Å². The number of pyridine rings is 1. The molecule has 2 aliphatic heterocycles. The van der Waals surface area contributed by atoms with Crippen LogP contribution in [0.15, 0.2) is 91.5 Å². The van der Waals surface area contributed by atoms with E-state index in [4.69, 9.17) is 24.1 Å². The molecular formula is C101H140F3N17O21. The summed E-state index contributed by atoms with van der Waals surface area (Å²) in [5.74, 6) is -8.67. The fraction of sp³-hybridized carbons (Fsp3) is 0.634. The van der Waals surface area contributed by atoms with Crippen molar-refractivity contribution in [3.8, 4) is 0 Å². The zero-order valence-corrected chi connectivity index (χ0v) is 81.5. The lowest BCUT2D eigenvalue weighted by Gasteiger charge is -2.45. The van der Waals surface area contributed by atoms with Crippen LogP contribution in [0.3, 0.4) is 0 Å². The van der Waals surface area contributed by atoms with Gasteiger partial charge in [-0.15, -0.1) is 0 Å². The quantitative estimate of drug-likeness (QED) is 0.0164. The Morgan fingerprint density at radius 2 is 1.14 bits per heavy atom. The van der Waals surface area contributed by atoms with Gasteiger partial charge < -0.3 is 107 Å². The number of hydrogen-bond acceptors (Lipinski definition) is 23. The second-order valence-corrected chi connectivity index (χ2v) is 39.1. The Kier molecular flexibility index (Phi) is 41.1. The first-order chi connectivity index (χ1) is 68.2. The number of carboxylic acid groups (broad SMARTS) is 3. The van der Waals surface area contributed by atoms with E-state index >= 15 is 0 Å². The molecule has 7 aliphatic rings. The van der Waals surface area contributed by atoms with E-state index in [1.807, 2.05) is 47.4 Å². The van der Waals surface area contributed by atoms with Crippen LogP contribution < -0.4 is 53.2 Å². The maximum absolute atomic E-state index is 14.6. The largest absolute Gasteiger partial charge is 0.481 e. The molecule has 142 heavy (non-hydrogen) atoms. The van der Waals surface area contributed by atoms with Gasteiger partial charge in [-0.25, -0.2) is 24.4 Å². The van der Waals surface area contributed by atoms with Crippen molar-refractivity contribution in [2.24, 2.45) is 17.8 Å². The Bertz CT molecular complexity index is 5110. The average molecular weight is 1990 g/mol. The molecule has 38 nitrogen and oxygen atoms in total. The molecule has 0 spiro atoms. The monoisotopic (exact) mass is 1980 g/mol. The van der Waals surface area contributed by atoms with Crippen LogP contribution in [0.2, 0.25) is 0 Å². The maximum atomic E-state index is 14.6. The molecule has 5 saturated carbocycles. The Labute approximate surface area is 824 Å². The van der Waals surface area contributed by atoms with Gasteiger partial charge in [0.05, 0.1) is 72.8 Å². The summed E-state index contributed by atoms with van der Waals surface area (Å²) >= 11 is 0. The van der Waals surface area contributed by atoms with Crippen LogP contribution in [0.1, 0.15) is 229 Å². The molecule has 0 radical (unpaired) electrons. The third-order valence-corrected chi connectivity index (χ3v) is 28.8. The molecule has 2 aromatic heterocycles. The van der Waals surface area contributed by atoms with Crippen molar-refractivity contribution in [3.63, 3.8) is 0 Å². The Balaban J connectivity index is 0.500. The molecule has 12 rings (SSSR count). The molecule has 12 amide bonds. The van der Waals surface area contributed by atoms with Gasteiger partial charge in [0, 0.05) is 132 Å². The van der Waals surface area contributed by atoms with E-state index < -0.39 is 127 Å². The van der Waals surface area contributed by atoms with Gasteiger partial charge in [-0.05, 0) is 234 Å². The molecule has 5 aromatic rings. The third kappa shape index (κ3) is 32.6. The number of urea groups is 1. The number of benzene rings is 3. The zero-order chi connectivity index (χ0) is 102. The lowest BCUT2D eigenvalue weighted by Crippen LogP contribution is -2.59. The second-order valence-electron chi connectivity index (χ2n) is 39.1. The van der Waals surface area contributed by atoms with Crippen molar-refractivity contribution in [1.82, 2.24) is 82.4 Å². The lowest BCUT2D eigenvalue weighted by atomic mass is 9.82. The maximum Gasteiger partial charge on any atom is 0.416 e. The van der Waals surface area contributed by atoms with E-state index in [-0.39, 0.29) is 191 Å². The number of hydrogen-bond donors (Lipinski definition) is 13. The lowest BCUT2D eigenvalue weighted by molar-refractivity contribution is -0.143. The van der Waals surface area contributed by atoms with Gasteiger partial charge in [0.25, 0.3) is 0 Å². The minimum absolute atomic E-state index is 0.0100. The normalized spacial score (nSPS) is 23.8. The number of likely N-dealkylation sites (tertiary alicyclic amines) is 2. The van der Waals surface area contributed by atoms with Crippen LogP contribution in [0.4, 0.5) is 23.8 Å². The number of carbonyl (C=O) groups is 14. The number of halogens is 3. The standard InChI is InChI=1S/C101H140F3N17O21/c1-61(2)118(3)71-29-40-84(121-47-42-79(97(121)133)113-92-76-54-68(101(102,103)104)24-38-78(76)109-60-110-92)82(55-71)114-93(129)64-20-25-69(26-21-64)111-85(122)16-10-48-139-72-30-34-74(35-31-72)141-50-45-106-87(124)58-120(96(132)77-56-89(126)119(4)91(77)67-14-9-43-105-57-67)59-88(125)107-46-51-142-75-36-32-73(33-37-75)140-49-11-17-86(123)112-70-27-22-65(23-28-70)94(130)115-83(53-62-18-19-63-12-5-6-13-66(63)52-62)95(131)108-44-8-7-15-80(98(134)135)116-100(138)117-81(99(136)137)39-41-90(127)128/h5-6,9,12-14,18-19,24,38,43,52,54,57,60-61,64-65,69-75,77,79-84,91H,7-8,10-11,15-17,20-23,25-37,39-42,44-51,53,55-56,58-59H2,1-4H3,(H,106,124)(H,107,125)(H,108,131)(H,111,122)(H,112,123)(H,114,129)(H,115,130)(H,127,128)(H,134,135)(H,136,137)(H,109,110,113)(H2,116,117,138)/t64?,65?,69?,70?,71-,72?,73?,74?,75?,77+,79+,80+,81+,82-,83+,84+,91-/m1/s1. The highest BCUT2D eigenvalue weighted by Gasteiger charge is 2.48. The van der Waals surface area contributed by atoms with E-state index in [2.05, 4.69) is 93.9 Å². The van der Waals surface area contributed by atoms with E-state index in [1.165, 1.54) is 22.2 Å². The van der Waals surface area contributed by atoms with Crippen LogP contribution in [0, 0.1) is 17.8 Å². The van der Waals surface area contributed by atoms with Crippen molar-refractivity contribution >= 4 is 111 Å². The third-order valence-electron chi connectivity index (χ3n) is 28.8. The molecule has 776 valence electrons. The Hall–Kier alpha value is -11.8. The number of unbranched alkanes of at least 4 members (excludes halogenated alkanes) is 1. The smallest absolute Gasteiger partial charge is 0.416 e. The van der Waals surface area contributed by atoms with Crippen molar-refractivity contribution in [2.75, 3.05) is 85.1 Å². The number of alkyl halides is 3. The Morgan fingerprint density at radius 3 is 1.70 bits per heavy atom. The number of carbonyl (C=O) groups excluding carboxylic acids is 11. The number of aliphatic carboxylic acids is 3. The van der Waals surface area contributed by atoms with Crippen LogP contribution in [-0.4, -0.2) is 298 Å². The number of anilines is 1. The minimum atomic E-state index is -4.58. The van der Waals surface area contributed by atoms with Gasteiger partial charge in [-0.2, -0.15) is 13.2 Å². The molecule has 0 unspecified atom stereocenters. The molecule has 3 aromatic carbocycles. The number of ether oxygens (including phenoxy) is 4. The first kappa shape index (κ1) is 109. The van der Waals surface area contributed by atoms with Crippen LogP contribution in [-0.2, 0) is 93.9 Å². The highest BCUT2D eigenvalue weighted by Crippen LogP contribution is 2.40. The van der Waals surface area contributed by atoms with Crippen molar-refractivity contribution in [3.05, 3.63) is 108 Å². The van der Waals surface area contributed by atoms with E-state index in [1.54, 1.807) is 31.6 Å². The minimum Gasteiger partial charge on any atom is -0.481 e. The summed E-state index contributed by atoms with van der Waals surface area (Å²) < 4.78 is 66.0. The summed E-state index contributed by atoms with van der Waals surface area (Å²) in [6.45, 7) is 5.24. The molecule has 7 fully saturated rings. The van der Waals surface area contributed by atoms with Crippen molar-refractivity contribution in [1.29, 1.82) is 0 Å².